The number of nitrogens with zero attached hydrogens (tertiary/aromatic N) is 2. The number of hydrogen-bond donors (Lipinski definition) is 0. The van der Waals surface area contributed by atoms with Gasteiger partial charge in [0.25, 0.3) is 0 Å². The zero-order valence-corrected chi connectivity index (χ0v) is 12.7. The monoisotopic (exact) mass is 302 g/mol. The molecular formula is C17H16ClFN2. The predicted molar refractivity (Wildman–Crippen MR) is 84.7 cm³/mol. The van der Waals surface area contributed by atoms with Gasteiger partial charge >= 0.3 is 0 Å². The summed E-state index contributed by atoms with van der Waals surface area (Å²) >= 11 is 6.27. The fraction of sp³-hybridized carbons (Fsp3) is 0.235. The highest BCUT2D eigenvalue weighted by molar-refractivity contribution is 6.20. The summed E-state index contributed by atoms with van der Waals surface area (Å²) in [4.78, 5) is 4.42. The second-order valence-electron chi connectivity index (χ2n) is 5.01. The molecule has 1 aromatic heterocycles. The lowest BCUT2D eigenvalue weighted by Crippen LogP contribution is -2.04. The molecule has 1 heterocycles. The number of fused-ring (bicyclic) bond motifs is 1. The van der Waals surface area contributed by atoms with E-state index >= 15 is 0 Å². The van der Waals surface area contributed by atoms with Crippen LogP contribution in [0.15, 0.2) is 42.5 Å². The van der Waals surface area contributed by atoms with Gasteiger partial charge in [-0.1, -0.05) is 31.2 Å². The molecule has 0 aliphatic rings. The molecule has 0 aliphatic carbocycles. The Morgan fingerprint density at radius 2 is 1.95 bits per heavy atom. The number of alkyl halides is 1. The van der Waals surface area contributed by atoms with E-state index in [2.05, 4.69) is 18.0 Å². The Hall–Kier alpha value is -1.87. The van der Waals surface area contributed by atoms with Gasteiger partial charge < -0.3 is 0 Å². The quantitative estimate of drug-likeness (QED) is 0.621. The average molecular weight is 303 g/mol. The molecule has 0 fully saturated rings. The largest absolute Gasteiger partial charge is 0.295 e. The highest BCUT2D eigenvalue weighted by atomic mass is 35.5. The van der Waals surface area contributed by atoms with Crippen LogP contribution in [0, 0.1) is 5.82 Å². The maximum atomic E-state index is 14.0. The molecule has 2 aromatic carbocycles. The lowest BCUT2D eigenvalue weighted by Gasteiger charge is -2.14. The van der Waals surface area contributed by atoms with Crippen LogP contribution >= 0.6 is 11.6 Å². The molecule has 0 N–H and O–H groups in total. The molecule has 0 amide bonds. The van der Waals surface area contributed by atoms with Crippen molar-refractivity contribution in [3.05, 3.63) is 59.7 Å². The Labute approximate surface area is 128 Å². The lowest BCUT2D eigenvalue weighted by atomic mass is 10.1. The van der Waals surface area contributed by atoms with Gasteiger partial charge in [0, 0.05) is 0 Å². The molecule has 3 rings (SSSR count). The molecule has 0 bridgehead atoms. The van der Waals surface area contributed by atoms with Crippen molar-refractivity contribution in [1.82, 2.24) is 9.55 Å². The Kier molecular flexibility index (Phi) is 3.68. The Balaban J connectivity index is 2.40. The van der Waals surface area contributed by atoms with Gasteiger partial charge in [0.05, 0.1) is 16.6 Å². The topological polar surface area (TPSA) is 17.8 Å². The third kappa shape index (κ3) is 2.32. The molecular weight excluding hydrogens is 287 g/mol. The molecule has 0 saturated carbocycles. The van der Waals surface area contributed by atoms with Crippen molar-refractivity contribution < 1.29 is 4.39 Å². The molecule has 0 saturated heterocycles. The van der Waals surface area contributed by atoms with E-state index in [9.17, 15) is 4.39 Å². The van der Waals surface area contributed by atoms with E-state index < -0.39 is 0 Å². The number of halogens is 2. The number of benzene rings is 2. The highest BCUT2D eigenvalue weighted by Crippen LogP contribution is 2.30. The number of para-hydroxylation sites is 2. The third-order valence-corrected chi connectivity index (χ3v) is 3.83. The average Bonchev–Trinajstić information content (AvgIpc) is 2.88. The van der Waals surface area contributed by atoms with Crippen molar-refractivity contribution in [2.24, 2.45) is 0 Å². The maximum Gasteiger partial charge on any atom is 0.151 e. The van der Waals surface area contributed by atoms with Gasteiger partial charge in [-0.05, 0) is 37.1 Å². The zero-order valence-electron chi connectivity index (χ0n) is 12.0. The fourth-order valence-electron chi connectivity index (χ4n) is 2.63. The van der Waals surface area contributed by atoms with Gasteiger partial charge in [0.1, 0.15) is 11.3 Å². The first-order valence-electron chi connectivity index (χ1n) is 7.02. The Morgan fingerprint density at radius 3 is 2.67 bits per heavy atom. The molecule has 108 valence electrons. The maximum absolute atomic E-state index is 14.0. The highest BCUT2D eigenvalue weighted by Gasteiger charge is 2.19. The van der Waals surface area contributed by atoms with Crippen LogP contribution in [0.5, 0.6) is 0 Å². The molecule has 0 aliphatic heterocycles. The summed E-state index contributed by atoms with van der Waals surface area (Å²) in [5, 5.41) is -0.304. The standard InChI is InChI=1S/C17H16ClFN2/c1-3-12-7-4-5-9-14(12)21-15-10-6-8-13(19)16(15)20-17(21)11(2)18/h4-11H,3H2,1-2H3. The minimum atomic E-state index is -0.321. The summed E-state index contributed by atoms with van der Waals surface area (Å²) in [6.45, 7) is 3.95. The van der Waals surface area contributed by atoms with E-state index in [1.807, 2.05) is 35.8 Å². The van der Waals surface area contributed by atoms with Crippen LogP contribution in [0.1, 0.15) is 30.6 Å². The van der Waals surface area contributed by atoms with Crippen LogP contribution in [-0.4, -0.2) is 9.55 Å². The number of aryl methyl sites for hydroxylation is 1. The summed E-state index contributed by atoms with van der Waals surface area (Å²) in [5.41, 5.74) is 3.31. The molecule has 1 atom stereocenters. The van der Waals surface area contributed by atoms with Crippen LogP contribution in [0.3, 0.4) is 0 Å². The summed E-state index contributed by atoms with van der Waals surface area (Å²) in [6, 6.07) is 13.1. The van der Waals surface area contributed by atoms with Crippen molar-refractivity contribution in [1.29, 1.82) is 0 Å². The van der Waals surface area contributed by atoms with Crippen LogP contribution < -0.4 is 0 Å². The fourth-order valence-corrected chi connectivity index (χ4v) is 2.78. The van der Waals surface area contributed by atoms with E-state index in [4.69, 9.17) is 11.6 Å². The number of imidazole rings is 1. The number of rotatable bonds is 3. The predicted octanol–water partition coefficient (Wildman–Crippen LogP) is 5.03. The van der Waals surface area contributed by atoms with E-state index in [-0.39, 0.29) is 11.2 Å². The molecule has 21 heavy (non-hydrogen) atoms. The summed E-state index contributed by atoms with van der Waals surface area (Å²) < 4.78 is 16.0. The van der Waals surface area contributed by atoms with Crippen LogP contribution in [0.4, 0.5) is 4.39 Å². The Morgan fingerprint density at radius 1 is 1.19 bits per heavy atom. The van der Waals surface area contributed by atoms with Crippen LogP contribution in [0.25, 0.3) is 16.7 Å². The first-order chi connectivity index (χ1) is 10.1. The van der Waals surface area contributed by atoms with Gasteiger partial charge in [-0.25, -0.2) is 9.37 Å². The molecule has 0 radical (unpaired) electrons. The summed E-state index contributed by atoms with van der Waals surface area (Å²) in [5.74, 6) is 0.344. The second-order valence-corrected chi connectivity index (χ2v) is 5.67. The molecule has 4 heteroatoms. The van der Waals surface area contributed by atoms with E-state index in [1.165, 1.54) is 11.6 Å². The molecule has 1 unspecified atom stereocenters. The SMILES string of the molecule is CCc1ccccc1-n1c(C(C)Cl)nc2c(F)cccc21. The molecule has 0 spiro atoms. The van der Waals surface area contributed by atoms with Gasteiger partial charge in [0.2, 0.25) is 0 Å². The first-order valence-corrected chi connectivity index (χ1v) is 7.46. The molecule has 2 nitrogen and oxygen atoms in total. The van der Waals surface area contributed by atoms with Gasteiger partial charge in [0.15, 0.2) is 5.82 Å². The van der Waals surface area contributed by atoms with E-state index in [1.54, 1.807) is 6.07 Å². The minimum Gasteiger partial charge on any atom is -0.295 e. The van der Waals surface area contributed by atoms with Crippen LogP contribution in [0.2, 0.25) is 0 Å². The number of hydrogen-bond acceptors (Lipinski definition) is 1. The first kappa shape index (κ1) is 14.1. The summed E-state index contributed by atoms with van der Waals surface area (Å²) in [6.07, 6.45) is 0.890. The lowest BCUT2D eigenvalue weighted by molar-refractivity contribution is 0.637. The van der Waals surface area contributed by atoms with Crippen molar-refractivity contribution in [2.45, 2.75) is 25.6 Å². The van der Waals surface area contributed by atoms with Crippen LogP contribution in [-0.2, 0) is 6.42 Å². The third-order valence-electron chi connectivity index (χ3n) is 3.63. The van der Waals surface area contributed by atoms with Gasteiger partial charge in [-0.3, -0.25) is 4.57 Å². The van der Waals surface area contributed by atoms with Gasteiger partial charge in [-0.2, -0.15) is 0 Å². The second kappa shape index (κ2) is 5.49. The number of aromatic nitrogens is 2. The van der Waals surface area contributed by atoms with E-state index in [0.29, 0.717) is 11.3 Å². The van der Waals surface area contributed by atoms with Crippen molar-refractivity contribution >= 4 is 22.6 Å². The van der Waals surface area contributed by atoms with Crippen molar-refractivity contribution in [3.8, 4) is 5.69 Å². The molecule has 3 aromatic rings. The van der Waals surface area contributed by atoms with Gasteiger partial charge in [-0.15, -0.1) is 11.6 Å². The van der Waals surface area contributed by atoms with E-state index in [0.717, 1.165) is 17.6 Å². The van der Waals surface area contributed by atoms with Crippen molar-refractivity contribution in [3.63, 3.8) is 0 Å². The smallest absolute Gasteiger partial charge is 0.151 e. The summed E-state index contributed by atoms with van der Waals surface area (Å²) in [7, 11) is 0. The minimum absolute atomic E-state index is 0.304. The normalized spacial score (nSPS) is 12.8. The Bertz CT molecular complexity index is 793. The van der Waals surface area contributed by atoms with Crippen molar-refractivity contribution in [2.75, 3.05) is 0 Å². The zero-order chi connectivity index (χ0) is 15.0.